The van der Waals surface area contributed by atoms with Crippen molar-refractivity contribution < 1.29 is 13.9 Å². The van der Waals surface area contributed by atoms with Gasteiger partial charge in [0.2, 0.25) is 5.91 Å². The van der Waals surface area contributed by atoms with Crippen molar-refractivity contribution in [1.82, 2.24) is 14.8 Å². The molecule has 1 amide bonds. The van der Waals surface area contributed by atoms with Gasteiger partial charge in [-0.15, -0.1) is 0 Å². The van der Waals surface area contributed by atoms with Gasteiger partial charge in [-0.1, -0.05) is 0 Å². The van der Waals surface area contributed by atoms with E-state index in [0.717, 1.165) is 35.3 Å². The predicted molar refractivity (Wildman–Crippen MR) is 107 cm³/mol. The van der Waals surface area contributed by atoms with E-state index in [9.17, 15) is 9.18 Å². The van der Waals surface area contributed by atoms with Gasteiger partial charge in [-0.05, 0) is 30.7 Å². The zero-order chi connectivity index (χ0) is 20.4. The zero-order valence-corrected chi connectivity index (χ0v) is 16.3. The summed E-state index contributed by atoms with van der Waals surface area (Å²) in [6.07, 6.45) is 1.64. The number of alkyl halides is 1. The maximum atomic E-state index is 13.6. The van der Waals surface area contributed by atoms with Crippen LogP contribution in [0.2, 0.25) is 0 Å². The largest absolute Gasteiger partial charge is 0.495 e. The number of halogens is 1. The molecule has 0 bridgehead atoms. The second-order valence-corrected chi connectivity index (χ2v) is 7.60. The number of likely N-dealkylation sites (tertiary alicyclic amines) is 2. The lowest BCUT2D eigenvalue weighted by Gasteiger charge is -2.23. The third-order valence-electron chi connectivity index (χ3n) is 5.67. The summed E-state index contributed by atoms with van der Waals surface area (Å²) in [4.78, 5) is 20.4. The number of aromatic nitrogens is 1. The van der Waals surface area contributed by atoms with E-state index in [1.54, 1.807) is 13.3 Å². The quantitative estimate of drug-likeness (QED) is 0.833. The molecule has 1 aromatic carbocycles. The number of pyridine rings is 1. The van der Waals surface area contributed by atoms with Crippen LogP contribution in [0.3, 0.4) is 0 Å². The lowest BCUT2D eigenvalue weighted by atomic mass is 10.1. The van der Waals surface area contributed by atoms with Crippen molar-refractivity contribution in [2.45, 2.75) is 31.1 Å². The number of nitrogens with one attached hydrogen (secondary N) is 1. The molecule has 0 saturated carbocycles. The molecule has 4 rings (SSSR count). The number of methoxy groups -OCH3 is 1. The van der Waals surface area contributed by atoms with Crippen molar-refractivity contribution in [3.8, 4) is 11.8 Å². The summed E-state index contributed by atoms with van der Waals surface area (Å²) in [6, 6.07) is 9.27. The molecule has 8 heteroatoms. The Bertz CT molecular complexity index is 946. The first kappa shape index (κ1) is 19.4. The molecule has 2 fully saturated rings. The van der Waals surface area contributed by atoms with Gasteiger partial charge in [-0.3, -0.25) is 14.7 Å². The number of amides is 1. The number of hydrogen-bond acceptors (Lipinski definition) is 6. The highest BCUT2D eigenvalue weighted by molar-refractivity contribution is 5.94. The fraction of sp³-hybridized carbons (Fsp3) is 0.476. The number of carbonyl (C=O) groups excluding carboxylic acids is 1. The van der Waals surface area contributed by atoms with Crippen LogP contribution in [-0.2, 0) is 4.79 Å². The summed E-state index contributed by atoms with van der Waals surface area (Å²) < 4.78 is 19.1. The van der Waals surface area contributed by atoms with Gasteiger partial charge in [-0.25, -0.2) is 4.39 Å². The normalized spacial score (nSPS) is 24.6. The minimum Gasteiger partial charge on any atom is -0.495 e. The Hall–Kier alpha value is -2.92. The van der Waals surface area contributed by atoms with Crippen molar-refractivity contribution in [2.75, 3.05) is 38.6 Å². The Morgan fingerprint density at radius 1 is 1.41 bits per heavy atom. The van der Waals surface area contributed by atoms with Crippen LogP contribution in [0.1, 0.15) is 12.8 Å². The summed E-state index contributed by atoms with van der Waals surface area (Å²) in [5.41, 5.74) is 1.79. The first-order valence-electron chi connectivity index (χ1n) is 9.83. The molecule has 0 radical (unpaired) electrons. The molecule has 7 nitrogen and oxygen atoms in total. The number of benzene rings is 1. The molecule has 2 aromatic rings. The van der Waals surface area contributed by atoms with Gasteiger partial charge in [0.25, 0.3) is 0 Å². The smallest absolute Gasteiger partial charge is 0.237 e. The van der Waals surface area contributed by atoms with Crippen LogP contribution in [-0.4, -0.2) is 72.2 Å². The summed E-state index contributed by atoms with van der Waals surface area (Å²) in [7, 11) is 1.64. The lowest BCUT2D eigenvalue weighted by Crippen LogP contribution is -2.42. The van der Waals surface area contributed by atoms with E-state index in [-0.39, 0.29) is 31.5 Å². The highest BCUT2D eigenvalue weighted by Gasteiger charge is 2.36. The van der Waals surface area contributed by atoms with Crippen molar-refractivity contribution >= 4 is 22.5 Å². The van der Waals surface area contributed by atoms with Gasteiger partial charge in [-0.2, -0.15) is 5.26 Å². The summed E-state index contributed by atoms with van der Waals surface area (Å²) in [6.45, 7) is 1.68. The van der Waals surface area contributed by atoms with E-state index in [0.29, 0.717) is 6.54 Å². The number of nitriles is 1. The Labute approximate surface area is 169 Å². The highest BCUT2D eigenvalue weighted by Crippen LogP contribution is 2.33. The molecule has 29 heavy (non-hydrogen) atoms. The van der Waals surface area contributed by atoms with Crippen LogP contribution in [0.4, 0.5) is 10.1 Å². The van der Waals surface area contributed by atoms with Crippen LogP contribution in [0.25, 0.3) is 10.9 Å². The standard InChI is InChI=1S/C21H24FN5O2/c1-29-19-5-4-18-17(3-2-7-24-18)21(19)25-15-6-8-26(12-15)13-20(28)27-11-14(22)9-16(27)10-23/h2-5,7,14-16,25H,6,8-9,11-13H2,1H3/t14-,15-,16?/m0/s1. The monoisotopic (exact) mass is 397 g/mol. The van der Waals surface area contributed by atoms with Crippen LogP contribution in [0.15, 0.2) is 30.5 Å². The summed E-state index contributed by atoms with van der Waals surface area (Å²) in [5.74, 6) is 0.576. The number of fused-ring (bicyclic) bond motifs is 1. The molecule has 2 aliphatic heterocycles. The summed E-state index contributed by atoms with van der Waals surface area (Å²) >= 11 is 0. The summed E-state index contributed by atoms with van der Waals surface area (Å²) in [5, 5.41) is 13.7. The third-order valence-corrected chi connectivity index (χ3v) is 5.67. The first-order valence-corrected chi connectivity index (χ1v) is 9.83. The topological polar surface area (TPSA) is 81.5 Å². The Morgan fingerprint density at radius 3 is 3.07 bits per heavy atom. The number of anilines is 1. The van der Waals surface area contributed by atoms with Crippen molar-refractivity contribution in [3.63, 3.8) is 0 Å². The molecule has 1 unspecified atom stereocenters. The van der Waals surface area contributed by atoms with Crippen LogP contribution < -0.4 is 10.1 Å². The zero-order valence-electron chi connectivity index (χ0n) is 16.3. The predicted octanol–water partition coefficient (Wildman–Crippen LogP) is 2.19. The molecule has 2 aliphatic rings. The van der Waals surface area contributed by atoms with Gasteiger partial charge < -0.3 is 15.0 Å². The third kappa shape index (κ3) is 3.96. The van der Waals surface area contributed by atoms with Crippen LogP contribution >= 0.6 is 0 Å². The van der Waals surface area contributed by atoms with E-state index in [2.05, 4.69) is 15.2 Å². The number of rotatable bonds is 5. The Kier molecular flexibility index (Phi) is 5.49. The van der Waals surface area contributed by atoms with E-state index >= 15 is 0 Å². The van der Waals surface area contributed by atoms with E-state index in [1.807, 2.05) is 30.3 Å². The number of nitrogens with zero attached hydrogens (tertiary/aromatic N) is 4. The maximum absolute atomic E-state index is 13.6. The number of carbonyl (C=O) groups is 1. The molecule has 152 valence electrons. The van der Waals surface area contributed by atoms with Crippen molar-refractivity contribution in [1.29, 1.82) is 5.26 Å². The molecule has 3 atom stereocenters. The highest BCUT2D eigenvalue weighted by atomic mass is 19.1. The van der Waals surface area contributed by atoms with Gasteiger partial charge in [0.05, 0.1) is 37.5 Å². The van der Waals surface area contributed by atoms with E-state index in [4.69, 9.17) is 10.00 Å². The lowest BCUT2D eigenvalue weighted by molar-refractivity contribution is -0.132. The van der Waals surface area contributed by atoms with Gasteiger partial charge in [0.15, 0.2) is 0 Å². The molecular weight excluding hydrogens is 373 g/mol. The van der Waals surface area contributed by atoms with E-state index < -0.39 is 12.2 Å². The van der Waals surface area contributed by atoms with Crippen molar-refractivity contribution in [3.05, 3.63) is 30.5 Å². The fourth-order valence-electron chi connectivity index (χ4n) is 4.21. The molecule has 1 aromatic heterocycles. The average Bonchev–Trinajstić information content (AvgIpc) is 3.34. The van der Waals surface area contributed by atoms with Crippen molar-refractivity contribution in [2.24, 2.45) is 0 Å². The molecule has 0 aliphatic carbocycles. The van der Waals surface area contributed by atoms with Gasteiger partial charge in [0.1, 0.15) is 18.0 Å². The number of hydrogen-bond donors (Lipinski definition) is 1. The molecule has 3 heterocycles. The molecule has 2 saturated heterocycles. The molecular formula is C21H24FN5O2. The fourth-order valence-corrected chi connectivity index (χ4v) is 4.21. The van der Waals surface area contributed by atoms with Crippen LogP contribution in [0, 0.1) is 11.3 Å². The second-order valence-electron chi connectivity index (χ2n) is 7.60. The van der Waals surface area contributed by atoms with Gasteiger partial charge in [0, 0.05) is 37.1 Å². The first-order chi connectivity index (χ1) is 14.1. The van der Waals surface area contributed by atoms with E-state index in [1.165, 1.54) is 4.90 Å². The SMILES string of the molecule is COc1ccc2ncccc2c1N[C@H]1CCN(CC(=O)N2C[C@@H](F)CC2C#N)C1. The minimum atomic E-state index is -1.11. The number of ether oxygens (including phenoxy) is 1. The Morgan fingerprint density at radius 2 is 2.28 bits per heavy atom. The molecule has 1 N–H and O–H groups in total. The van der Waals surface area contributed by atoms with Gasteiger partial charge >= 0.3 is 0 Å². The minimum absolute atomic E-state index is 0.0206. The molecule has 0 spiro atoms. The average molecular weight is 397 g/mol. The second kappa shape index (κ2) is 8.21. The van der Waals surface area contributed by atoms with Crippen LogP contribution in [0.5, 0.6) is 5.75 Å². The maximum Gasteiger partial charge on any atom is 0.237 e. The Balaban J connectivity index is 1.42.